The SMILES string of the molecule is CCOc1ccccc1C1c2cc3c(cc2OC(C)(O)C1C)OCO3. The average Bonchev–Trinajstić information content (AvgIpc) is 3.03. The molecule has 132 valence electrons. The molecule has 3 atom stereocenters. The maximum absolute atomic E-state index is 10.9. The van der Waals surface area contributed by atoms with Gasteiger partial charge in [-0.2, -0.15) is 0 Å². The molecule has 0 radical (unpaired) electrons. The Bertz CT molecular complexity index is 799. The van der Waals surface area contributed by atoms with Crippen LogP contribution >= 0.6 is 0 Å². The Morgan fingerprint density at radius 2 is 1.84 bits per heavy atom. The van der Waals surface area contributed by atoms with E-state index in [9.17, 15) is 5.11 Å². The van der Waals surface area contributed by atoms with Crippen molar-refractivity contribution >= 4 is 0 Å². The van der Waals surface area contributed by atoms with Gasteiger partial charge in [0.05, 0.1) is 6.61 Å². The van der Waals surface area contributed by atoms with Crippen LogP contribution in [0, 0.1) is 5.92 Å². The molecule has 4 rings (SSSR count). The van der Waals surface area contributed by atoms with E-state index in [0.717, 1.165) is 16.9 Å². The molecule has 5 nitrogen and oxygen atoms in total. The Kier molecular flexibility index (Phi) is 3.76. The van der Waals surface area contributed by atoms with Crippen molar-refractivity contribution in [3.63, 3.8) is 0 Å². The summed E-state index contributed by atoms with van der Waals surface area (Å²) >= 11 is 0. The average molecular weight is 342 g/mol. The maximum atomic E-state index is 10.9. The molecule has 2 aromatic rings. The number of rotatable bonds is 3. The lowest BCUT2D eigenvalue weighted by Gasteiger charge is -2.42. The van der Waals surface area contributed by atoms with Crippen LogP contribution in [0.2, 0.25) is 0 Å². The molecule has 2 aliphatic rings. The molecule has 0 aromatic heterocycles. The third-order valence-electron chi connectivity index (χ3n) is 5.06. The van der Waals surface area contributed by atoms with Gasteiger partial charge in [0, 0.05) is 36.0 Å². The minimum atomic E-state index is -1.30. The maximum Gasteiger partial charge on any atom is 0.231 e. The van der Waals surface area contributed by atoms with Crippen molar-refractivity contribution in [2.24, 2.45) is 5.92 Å². The molecule has 0 bridgehead atoms. The Morgan fingerprint density at radius 3 is 2.60 bits per heavy atom. The van der Waals surface area contributed by atoms with Crippen molar-refractivity contribution in [1.29, 1.82) is 0 Å². The molecule has 25 heavy (non-hydrogen) atoms. The number of aliphatic hydroxyl groups is 1. The number of para-hydroxylation sites is 1. The predicted octanol–water partition coefficient (Wildman–Crippen LogP) is 3.68. The fourth-order valence-corrected chi connectivity index (χ4v) is 3.63. The lowest BCUT2D eigenvalue weighted by molar-refractivity contribution is -0.171. The van der Waals surface area contributed by atoms with Crippen LogP contribution in [-0.4, -0.2) is 24.3 Å². The highest BCUT2D eigenvalue weighted by Gasteiger charge is 2.45. The summed E-state index contributed by atoms with van der Waals surface area (Å²) in [6.07, 6.45) is 0. The number of benzene rings is 2. The second-order valence-corrected chi connectivity index (χ2v) is 6.64. The summed E-state index contributed by atoms with van der Waals surface area (Å²) in [5.74, 6) is 1.21. The molecule has 0 saturated carbocycles. The van der Waals surface area contributed by atoms with E-state index in [4.69, 9.17) is 18.9 Å². The summed E-state index contributed by atoms with van der Waals surface area (Å²) in [6, 6.07) is 11.7. The monoisotopic (exact) mass is 342 g/mol. The molecule has 3 unspecified atom stereocenters. The highest BCUT2D eigenvalue weighted by Crippen LogP contribution is 2.52. The normalized spacial score (nSPS) is 26.7. The molecule has 0 saturated heterocycles. The third kappa shape index (κ3) is 2.59. The van der Waals surface area contributed by atoms with Crippen LogP contribution in [0.1, 0.15) is 37.8 Å². The van der Waals surface area contributed by atoms with Gasteiger partial charge in [-0.1, -0.05) is 25.1 Å². The van der Waals surface area contributed by atoms with E-state index in [1.54, 1.807) is 13.0 Å². The summed E-state index contributed by atoms with van der Waals surface area (Å²) in [5.41, 5.74) is 2.00. The van der Waals surface area contributed by atoms with E-state index in [1.807, 2.05) is 44.2 Å². The molecule has 2 aromatic carbocycles. The number of fused-ring (bicyclic) bond motifs is 2. The number of hydrogen-bond donors (Lipinski definition) is 1. The standard InChI is InChI=1S/C20H22O5/c1-4-22-15-8-6-5-7-13(15)19-12(2)20(3,21)25-16-10-18-17(9-14(16)19)23-11-24-18/h5-10,12,19,21H,4,11H2,1-3H3. The van der Waals surface area contributed by atoms with Crippen LogP contribution in [0.15, 0.2) is 36.4 Å². The van der Waals surface area contributed by atoms with Crippen molar-refractivity contribution in [1.82, 2.24) is 0 Å². The minimum absolute atomic E-state index is 0.0870. The Hall–Kier alpha value is -2.40. The second kappa shape index (κ2) is 5.85. The fourth-order valence-electron chi connectivity index (χ4n) is 3.63. The molecular weight excluding hydrogens is 320 g/mol. The van der Waals surface area contributed by atoms with E-state index < -0.39 is 5.79 Å². The van der Waals surface area contributed by atoms with Crippen LogP contribution in [0.4, 0.5) is 0 Å². The zero-order valence-corrected chi connectivity index (χ0v) is 14.6. The quantitative estimate of drug-likeness (QED) is 0.922. The Balaban J connectivity index is 1.90. The Morgan fingerprint density at radius 1 is 1.12 bits per heavy atom. The van der Waals surface area contributed by atoms with Gasteiger partial charge in [0.25, 0.3) is 0 Å². The number of ether oxygens (including phenoxy) is 4. The molecule has 2 heterocycles. The number of hydrogen-bond acceptors (Lipinski definition) is 5. The minimum Gasteiger partial charge on any atom is -0.494 e. The summed E-state index contributed by atoms with van der Waals surface area (Å²) in [4.78, 5) is 0. The summed E-state index contributed by atoms with van der Waals surface area (Å²) < 4.78 is 22.7. The van der Waals surface area contributed by atoms with Crippen LogP contribution in [-0.2, 0) is 0 Å². The van der Waals surface area contributed by atoms with Gasteiger partial charge in [0.2, 0.25) is 12.6 Å². The van der Waals surface area contributed by atoms with Gasteiger partial charge in [-0.05, 0) is 19.1 Å². The van der Waals surface area contributed by atoms with E-state index in [1.165, 1.54) is 0 Å². The van der Waals surface area contributed by atoms with Gasteiger partial charge < -0.3 is 24.1 Å². The highest BCUT2D eigenvalue weighted by atomic mass is 16.7. The lowest BCUT2D eigenvalue weighted by Crippen LogP contribution is -2.45. The van der Waals surface area contributed by atoms with Gasteiger partial charge in [-0.25, -0.2) is 0 Å². The van der Waals surface area contributed by atoms with Crippen molar-refractivity contribution in [3.05, 3.63) is 47.5 Å². The largest absolute Gasteiger partial charge is 0.494 e. The van der Waals surface area contributed by atoms with Crippen molar-refractivity contribution < 1.29 is 24.1 Å². The molecule has 5 heteroatoms. The van der Waals surface area contributed by atoms with E-state index >= 15 is 0 Å². The molecule has 2 aliphatic heterocycles. The van der Waals surface area contributed by atoms with Crippen LogP contribution in [0.25, 0.3) is 0 Å². The molecule has 0 spiro atoms. The van der Waals surface area contributed by atoms with Gasteiger partial charge in [-0.3, -0.25) is 0 Å². The predicted molar refractivity (Wildman–Crippen MR) is 92.4 cm³/mol. The molecule has 0 aliphatic carbocycles. The van der Waals surface area contributed by atoms with Crippen molar-refractivity contribution in [2.75, 3.05) is 13.4 Å². The fraction of sp³-hybridized carbons (Fsp3) is 0.400. The van der Waals surface area contributed by atoms with E-state index in [-0.39, 0.29) is 18.6 Å². The van der Waals surface area contributed by atoms with Gasteiger partial charge in [0.15, 0.2) is 11.5 Å². The van der Waals surface area contributed by atoms with Crippen LogP contribution in [0.3, 0.4) is 0 Å². The highest BCUT2D eigenvalue weighted by molar-refractivity contribution is 5.57. The Labute approximate surface area is 147 Å². The summed E-state index contributed by atoms with van der Waals surface area (Å²) in [7, 11) is 0. The lowest BCUT2D eigenvalue weighted by atomic mass is 9.75. The van der Waals surface area contributed by atoms with Gasteiger partial charge in [0.1, 0.15) is 11.5 Å². The van der Waals surface area contributed by atoms with Crippen LogP contribution < -0.4 is 18.9 Å². The topological polar surface area (TPSA) is 57.2 Å². The molecular formula is C20H22O5. The van der Waals surface area contributed by atoms with Crippen LogP contribution in [0.5, 0.6) is 23.0 Å². The zero-order valence-electron chi connectivity index (χ0n) is 14.6. The van der Waals surface area contributed by atoms with Crippen molar-refractivity contribution in [2.45, 2.75) is 32.5 Å². The first-order valence-electron chi connectivity index (χ1n) is 8.58. The summed E-state index contributed by atoms with van der Waals surface area (Å²) in [6.45, 7) is 6.43. The van der Waals surface area contributed by atoms with Gasteiger partial charge in [-0.15, -0.1) is 0 Å². The molecule has 1 N–H and O–H groups in total. The van der Waals surface area contributed by atoms with E-state index in [2.05, 4.69) is 0 Å². The zero-order chi connectivity index (χ0) is 17.6. The van der Waals surface area contributed by atoms with Crippen molar-refractivity contribution in [3.8, 4) is 23.0 Å². The first kappa shape index (κ1) is 16.1. The first-order valence-corrected chi connectivity index (χ1v) is 8.58. The van der Waals surface area contributed by atoms with E-state index in [0.29, 0.717) is 23.9 Å². The van der Waals surface area contributed by atoms with Gasteiger partial charge >= 0.3 is 0 Å². The first-order chi connectivity index (χ1) is 12.0. The second-order valence-electron chi connectivity index (χ2n) is 6.64. The molecule has 0 fully saturated rings. The third-order valence-corrected chi connectivity index (χ3v) is 5.06. The smallest absolute Gasteiger partial charge is 0.231 e. The summed E-state index contributed by atoms with van der Waals surface area (Å²) in [5, 5.41) is 10.9. The molecule has 0 amide bonds.